The number of hydrogen-bond donors (Lipinski definition) is 1. The fraction of sp³-hybridized carbons (Fsp3) is 0.444. The molecule has 3 rings (SSSR count). The lowest BCUT2D eigenvalue weighted by Gasteiger charge is -2.14. The molecule has 1 amide bonds. The van der Waals surface area contributed by atoms with Crippen LogP contribution in [0.4, 0.5) is 0 Å². The van der Waals surface area contributed by atoms with Crippen molar-refractivity contribution in [1.82, 2.24) is 14.9 Å². The summed E-state index contributed by atoms with van der Waals surface area (Å²) in [4.78, 5) is 16.6. The largest absolute Gasteiger partial charge is 0.355 e. The lowest BCUT2D eigenvalue weighted by Crippen LogP contribution is -2.30. The van der Waals surface area contributed by atoms with E-state index in [0.717, 1.165) is 36.7 Å². The minimum Gasteiger partial charge on any atom is -0.355 e. The molecule has 1 atom stereocenters. The van der Waals surface area contributed by atoms with Crippen LogP contribution in [0.5, 0.6) is 0 Å². The fourth-order valence-electron chi connectivity index (χ4n) is 2.74. The predicted octanol–water partition coefficient (Wildman–Crippen LogP) is 3.76. The maximum Gasteiger partial charge on any atom is 0.233 e. The topological polar surface area (TPSA) is 46.9 Å². The van der Waals surface area contributed by atoms with Gasteiger partial charge in [0, 0.05) is 24.6 Å². The third kappa shape index (κ3) is 3.78. The zero-order valence-electron chi connectivity index (χ0n) is 13.7. The van der Waals surface area contributed by atoms with Crippen molar-refractivity contribution in [2.45, 2.75) is 49.4 Å². The summed E-state index contributed by atoms with van der Waals surface area (Å²) < 4.78 is 2.06. The number of nitrogens with one attached hydrogen (secondary N) is 1. The van der Waals surface area contributed by atoms with E-state index in [1.165, 1.54) is 5.56 Å². The third-order valence-electron chi connectivity index (χ3n) is 4.18. The summed E-state index contributed by atoms with van der Waals surface area (Å²) >= 11 is 1.56. The van der Waals surface area contributed by atoms with Gasteiger partial charge in [0.05, 0.1) is 5.25 Å². The van der Waals surface area contributed by atoms with E-state index < -0.39 is 0 Å². The van der Waals surface area contributed by atoms with Crippen LogP contribution in [0, 0.1) is 0 Å². The zero-order valence-corrected chi connectivity index (χ0v) is 14.5. The minimum absolute atomic E-state index is 0.0476. The molecule has 0 bridgehead atoms. The van der Waals surface area contributed by atoms with Crippen LogP contribution in [-0.2, 0) is 4.79 Å². The van der Waals surface area contributed by atoms with Crippen molar-refractivity contribution in [3.05, 3.63) is 42.2 Å². The Morgan fingerprint density at radius 2 is 2.04 bits per heavy atom. The van der Waals surface area contributed by atoms with Gasteiger partial charge in [-0.1, -0.05) is 44.2 Å². The Bertz CT molecular complexity index is 663. The first-order valence-corrected chi connectivity index (χ1v) is 9.11. The van der Waals surface area contributed by atoms with Gasteiger partial charge in [-0.2, -0.15) is 0 Å². The second kappa shape index (κ2) is 7.21. The van der Waals surface area contributed by atoms with E-state index in [-0.39, 0.29) is 11.2 Å². The number of thioether (sulfide) groups is 1. The molecule has 2 aromatic rings. The smallest absolute Gasteiger partial charge is 0.233 e. The number of nitrogens with zero attached hydrogens (tertiary/aromatic N) is 2. The van der Waals surface area contributed by atoms with Gasteiger partial charge >= 0.3 is 0 Å². The molecule has 2 heterocycles. The number of imidazole rings is 1. The standard InChI is InChI=1S/C18H23N3OS/c1-13(2)14-6-8-15(9-7-14)21-12-11-20-18(21)23-16-5-3-4-10-19-17(16)22/h6-9,11-13,16H,3-5,10H2,1-2H3,(H,19,22)/t16-/m1/s1. The second-order valence-electron chi connectivity index (χ2n) is 6.22. The Morgan fingerprint density at radius 1 is 1.26 bits per heavy atom. The maximum atomic E-state index is 12.1. The highest BCUT2D eigenvalue weighted by atomic mass is 32.2. The van der Waals surface area contributed by atoms with Crippen molar-refractivity contribution in [2.24, 2.45) is 0 Å². The molecule has 1 aliphatic heterocycles. The number of hydrogen-bond acceptors (Lipinski definition) is 3. The number of amides is 1. The van der Waals surface area contributed by atoms with Crippen molar-refractivity contribution in [3.8, 4) is 5.69 Å². The fourth-order valence-corrected chi connectivity index (χ4v) is 3.88. The molecule has 1 saturated heterocycles. The van der Waals surface area contributed by atoms with Crippen LogP contribution in [0.1, 0.15) is 44.6 Å². The summed E-state index contributed by atoms with van der Waals surface area (Å²) in [6, 6.07) is 8.56. The Balaban J connectivity index is 1.80. The number of carbonyl (C=O) groups excluding carboxylic acids is 1. The van der Waals surface area contributed by atoms with E-state index in [4.69, 9.17) is 0 Å². The molecule has 0 saturated carbocycles. The van der Waals surface area contributed by atoms with Gasteiger partial charge in [0.15, 0.2) is 5.16 Å². The van der Waals surface area contributed by atoms with Gasteiger partial charge in [0.1, 0.15) is 0 Å². The second-order valence-corrected chi connectivity index (χ2v) is 7.39. The molecule has 0 aliphatic carbocycles. The quantitative estimate of drug-likeness (QED) is 0.929. The highest BCUT2D eigenvalue weighted by molar-refractivity contribution is 8.00. The molecule has 1 N–H and O–H groups in total. The van der Waals surface area contributed by atoms with Crippen LogP contribution in [0.25, 0.3) is 5.69 Å². The third-order valence-corrected chi connectivity index (χ3v) is 5.42. The number of benzene rings is 1. The first kappa shape index (κ1) is 16.1. The normalized spacial score (nSPS) is 18.7. The molecule has 23 heavy (non-hydrogen) atoms. The molecule has 0 radical (unpaired) electrons. The molecule has 1 aromatic heterocycles. The molecule has 5 heteroatoms. The van der Waals surface area contributed by atoms with Crippen LogP contribution in [0.3, 0.4) is 0 Å². The highest BCUT2D eigenvalue weighted by Crippen LogP contribution is 2.29. The van der Waals surface area contributed by atoms with Gasteiger partial charge in [-0.25, -0.2) is 4.98 Å². The molecular formula is C18H23N3OS. The summed E-state index contributed by atoms with van der Waals surface area (Å²) in [6.45, 7) is 5.18. The van der Waals surface area contributed by atoms with E-state index in [0.29, 0.717) is 5.92 Å². The van der Waals surface area contributed by atoms with Crippen molar-refractivity contribution in [3.63, 3.8) is 0 Å². The van der Waals surface area contributed by atoms with E-state index in [9.17, 15) is 4.79 Å². The SMILES string of the molecule is CC(C)c1ccc(-n2ccnc2S[C@@H]2CCCCNC2=O)cc1. The first-order valence-electron chi connectivity index (χ1n) is 8.23. The van der Waals surface area contributed by atoms with Crippen LogP contribution >= 0.6 is 11.8 Å². The van der Waals surface area contributed by atoms with E-state index in [1.807, 2.05) is 6.20 Å². The molecule has 4 nitrogen and oxygen atoms in total. The first-order chi connectivity index (χ1) is 11.1. The van der Waals surface area contributed by atoms with Gasteiger partial charge in [-0.3, -0.25) is 9.36 Å². The summed E-state index contributed by atoms with van der Waals surface area (Å²) in [6.07, 6.45) is 6.82. The number of aromatic nitrogens is 2. The maximum absolute atomic E-state index is 12.1. The average molecular weight is 329 g/mol. The molecule has 1 aromatic carbocycles. The molecule has 0 spiro atoms. The van der Waals surface area contributed by atoms with Gasteiger partial charge in [-0.05, 0) is 36.5 Å². The van der Waals surface area contributed by atoms with Crippen LogP contribution in [0.2, 0.25) is 0 Å². The summed E-state index contributed by atoms with van der Waals surface area (Å²) in [5.74, 6) is 0.660. The molecular weight excluding hydrogens is 306 g/mol. The molecule has 122 valence electrons. The molecule has 1 aliphatic rings. The van der Waals surface area contributed by atoms with Crippen LogP contribution < -0.4 is 5.32 Å². The lowest BCUT2D eigenvalue weighted by molar-refractivity contribution is -0.120. The van der Waals surface area contributed by atoms with E-state index >= 15 is 0 Å². The van der Waals surface area contributed by atoms with Gasteiger partial charge in [0.2, 0.25) is 5.91 Å². The van der Waals surface area contributed by atoms with Crippen molar-refractivity contribution >= 4 is 17.7 Å². The van der Waals surface area contributed by atoms with Gasteiger partial charge in [-0.15, -0.1) is 0 Å². The Hall–Kier alpha value is -1.75. The Labute approximate surface area is 141 Å². The molecule has 1 fully saturated rings. The summed E-state index contributed by atoms with van der Waals surface area (Å²) in [7, 11) is 0. The average Bonchev–Trinajstić information content (AvgIpc) is 2.92. The van der Waals surface area contributed by atoms with E-state index in [2.05, 4.69) is 53.0 Å². The monoisotopic (exact) mass is 329 g/mol. The van der Waals surface area contributed by atoms with Gasteiger partial charge in [0.25, 0.3) is 0 Å². The minimum atomic E-state index is -0.0476. The summed E-state index contributed by atoms with van der Waals surface area (Å²) in [5.41, 5.74) is 2.41. The van der Waals surface area contributed by atoms with Crippen molar-refractivity contribution in [1.29, 1.82) is 0 Å². The van der Waals surface area contributed by atoms with E-state index in [1.54, 1.807) is 18.0 Å². The number of rotatable bonds is 4. The zero-order chi connectivity index (χ0) is 16.2. The predicted molar refractivity (Wildman–Crippen MR) is 94.2 cm³/mol. The highest BCUT2D eigenvalue weighted by Gasteiger charge is 2.23. The Kier molecular flexibility index (Phi) is 5.06. The van der Waals surface area contributed by atoms with Crippen LogP contribution in [0.15, 0.2) is 41.8 Å². The Morgan fingerprint density at radius 3 is 2.78 bits per heavy atom. The van der Waals surface area contributed by atoms with Crippen LogP contribution in [-0.4, -0.2) is 27.3 Å². The van der Waals surface area contributed by atoms with Crippen molar-refractivity contribution < 1.29 is 4.79 Å². The summed E-state index contributed by atoms with van der Waals surface area (Å²) in [5, 5.41) is 3.82. The van der Waals surface area contributed by atoms with Crippen molar-refractivity contribution in [2.75, 3.05) is 6.54 Å². The lowest BCUT2D eigenvalue weighted by atomic mass is 10.0. The number of carbonyl (C=O) groups is 1. The molecule has 0 unspecified atom stereocenters. The van der Waals surface area contributed by atoms with Gasteiger partial charge < -0.3 is 5.32 Å².